The van der Waals surface area contributed by atoms with Crippen LogP contribution < -0.4 is 5.32 Å². The van der Waals surface area contributed by atoms with Crippen LogP contribution in [0.15, 0.2) is 29.2 Å². The lowest BCUT2D eigenvalue weighted by Crippen LogP contribution is -2.18. The van der Waals surface area contributed by atoms with Gasteiger partial charge in [0.2, 0.25) is 5.91 Å². The third kappa shape index (κ3) is 5.12. The highest BCUT2D eigenvalue weighted by Gasteiger charge is 2.17. The van der Waals surface area contributed by atoms with Crippen molar-refractivity contribution in [3.05, 3.63) is 24.3 Å². The van der Waals surface area contributed by atoms with Crippen LogP contribution in [0, 0.1) is 5.92 Å². The van der Waals surface area contributed by atoms with E-state index >= 15 is 0 Å². The first-order valence-corrected chi connectivity index (χ1v) is 7.86. The smallest absolute Gasteiger partial charge is 0.288 e. The Bertz CT molecular complexity index is 430. The van der Waals surface area contributed by atoms with Crippen LogP contribution in [0.25, 0.3) is 0 Å². The van der Waals surface area contributed by atoms with Crippen LogP contribution in [0.5, 0.6) is 0 Å². The van der Waals surface area contributed by atoms with E-state index in [9.17, 15) is 13.6 Å². The molecule has 0 unspecified atom stereocenters. The summed E-state index contributed by atoms with van der Waals surface area (Å²) in [6, 6.07) is 6.55. The summed E-state index contributed by atoms with van der Waals surface area (Å²) in [4.78, 5) is 12.4. The van der Waals surface area contributed by atoms with Gasteiger partial charge in [-0.1, -0.05) is 31.0 Å². The summed E-state index contributed by atoms with van der Waals surface area (Å²) in [6.45, 7) is 0. The van der Waals surface area contributed by atoms with Gasteiger partial charge in [-0.25, -0.2) is 0 Å². The van der Waals surface area contributed by atoms with E-state index in [-0.39, 0.29) is 5.91 Å². The lowest BCUT2D eigenvalue weighted by molar-refractivity contribution is -0.117. The molecule has 0 atom stereocenters. The molecule has 0 aromatic heterocycles. The molecule has 1 aromatic carbocycles. The largest absolute Gasteiger partial charge is 0.326 e. The minimum atomic E-state index is -2.42. The summed E-state index contributed by atoms with van der Waals surface area (Å²) in [5.41, 5.74) is 0.671. The number of amides is 1. The van der Waals surface area contributed by atoms with Gasteiger partial charge in [-0.15, -0.1) is 0 Å². The second-order valence-corrected chi connectivity index (χ2v) is 6.22. The molecule has 0 bridgehead atoms. The Kier molecular flexibility index (Phi) is 5.83. The number of hydrogen-bond acceptors (Lipinski definition) is 2. The molecule has 1 aliphatic rings. The second kappa shape index (κ2) is 7.62. The van der Waals surface area contributed by atoms with Gasteiger partial charge in [0.1, 0.15) is 0 Å². The lowest BCUT2D eigenvalue weighted by Gasteiger charge is -2.20. The van der Waals surface area contributed by atoms with E-state index < -0.39 is 5.76 Å². The molecule has 2 rings (SSSR count). The number of carbonyl (C=O) groups excluding carboxylic acids is 1. The molecule has 1 amide bonds. The molecule has 110 valence electrons. The highest BCUT2D eigenvalue weighted by Crippen LogP contribution is 2.28. The third-order valence-electron chi connectivity index (χ3n) is 3.56. The summed E-state index contributed by atoms with van der Waals surface area (Å²) in [5, 5.41) is 2.83. The molecule has 1 N–H and O–H groups in total. The number of anilines is 1. The molecule has 1 aromatic rings. The van der Waals surface area contributed by atoms with Crippen LogP contribution in [0.1, 0.15) is 38.5 Å². The second-order valence-electron chi connectivity index (χ2n) is 5.16. The number of thioether (sulfide) groups is 1. The highest BCUT2D eigenvalue weighted by molar-refractivity contribution is 7.99. The van der Waals surface area contributed by atoms with Crippen LogP contribution in [0.3, 0.4) is 0 Å². The van der Waals surface area contributed by atoms with E-state index in [2.05, 4.69) is 5.32 Å². The van der Waals surface area contributed by atoms with Gasteiger partial charge in [-0.2, -0.15) is 8.78 Å². The van der Waals surface area contributed by atoms with E-state index in [1.807, 2.05) is 0 Å². The van der Waals surface area contributed by atoms with E-state index in [0.29, 0.717) is 34.7 Å². The topological polar surface area (TPSA) is 29.1 Å². The van der Waals surface area contributed by atoms with Crippen LogP contribution >= 0.6 is 11.8 Å². The van der Waals surface area contributed by atoms with Gasteiger partial charge in [0.25, 0.3) is 5.76 Å². The maximum absolute atomic E-state index is 12.2. The van der Waals surface area contributed by atoms with Crippen molar-refractivity contribution >= 4 is 23.4 Å². The Morgan fingerprint density at radius 1 is 1.20 bits per heavy atom. The van der Waals surface area contributed by atoms with Gasteiger partial charge < -0.3 is 5.32 Å². The number of benzene rings is 1. The first-order valence-electron chi connectivity index (χ1n) is 6.98. The van der Waals surface area contributed by atoms with Gasteiger partial charge in [0, 0.05) is 17.0 Å². The summed E-state index contributed by atoms with van der Waals surface area (Å²) in [6.07, 6.45) is 6.55. The zero-order valence-corrected chi connectivity index (χ0v) is 12.1. The monoisotopic (exact) mass is 299 g/mol. The highest BCUT2D eigenvalue weighted by atomic mass is 32.2. The zero-order chi connectivity index (χ0) is 14.4. The standard InChI is InChI=1S/C15H19F2NOS/c16-15(17)20-13-8-6-12(7-9-13)18-14(19)10-11-4-2-1-3-5-11/h6-9,11,15H,1-5,10H2,(H,18,19). The molecule has 1 aliphatic carbocycles. The predicted molar refractivity (Wildman–Crippen MR) is 78.1 cm³/mol. The van der Waals surface area contributed by atoms with Gasteiger partial charge >= 0.3 is 0 Å². The Morgan fingerprint density at radius 3 is 2.45 bits per heavy atom. The number of nitrogens with one attached hydrogen (secondary N) is 1. The number of rotatable bonds is 5. The molecule has 0 radical (unpaired) electrons. The van der Waals surface area contributed by atoms with Crippen molar-refractivity contribution in [2.24, 2.45) is 5.92 Å². The third-order valence-corrected chi connectivity index (χ3v) is 4.28. The van der Waals surface area contributed by atoms with Crippen LogP contribution in [0.2, 0.25) is 0 Å². The van der Waals surface area contributed by atoms with Gasteiger partial charge in [0.05, 0.1) is 0 Å². The van der Waals surface area contributed by atoms with Crippen molar-refractivity contribution in [1.82, 2.24) is 0 Å². The Morgan fingerprint density at radius 2 is 1.85 bits per heavy atom. The molecule has 2 nitrogen and oxygen atoms in total. The molecule has 20 heavy (non-hydrogen) atoms. The fourth-order valence-corrected chi connectivity index (χ4v) is 3.08. The lowest BCUT2D eigenvalue weighted by atomic mass is 9.87. The maximum Gasteiger partial charge on any atom is 0.288 e. The fourth-order valence-electron chi connectivity index (χ4n) is 2.59. The van der Waals surface area contributed by atoms with E-state index in [4.69, 9.17) is 0 Å². The van der Waals surface area contributed by atoms with E-state index in [1.165, 1.54) is 19.3 Å². The van der Waals surface area contributed by atoms with Crippen molar-refractivity contribution in [2.75, 3.05) is 5.32 Å². The predicted octanol–water partition coefficient (Wildman–Crippen LogP) is 4.91. The van der Waals surface area contributed by atoms with E-state index in [1.54, 1.807) is 24.3 Å². The summed E-state index contributed by atoms with van der Waals surface area (Å²) < 4.78 is 24.4. The molecular formula is C15H19F2NOS. The molecule has 0 heterocycles. The number of alkyl halides is 2. The minimum Gasteiger partial charge on any atom is -0.326 e. The average molecular weight is 299 g/mol. The molecule has 0 spiro atoms. The molecule has 0 saturated heterocycles. The van der Waals surface area contributed by atoms with E-state index in [0.717, 1.165) is 12.8 Å². The fraction of sp³-hybridized carbons (Fsp3) is 0.533. The summed E-state index contributed by atoms with van der Waals surface area (Å²) >= 11 is 0.508. The van der Waals surface area contributed by atoms with Crippen molar-refractivity contribution in [1.29, 1.82) is 0 Å². The first-order chi connectivity index (χ1) is 9.63. The van der Waals surface area contributed by atoms with Gasteiger partial charge in [0.15, 0.2) is 0 Å². The van der Waals surface area contributed by atoms with Crippen LogP contribution in [0.4, 0.5) is 14.5 Å². The SMILES string of the molecule is O=C(CC1CCCCC1)Nc1ccc(SC(F)F)cc1. The van der Waals surface area contributed by atoms with Gasteiger partial charge in [-0.05, 0) is 43.0 Å². The number of carbonyl (C=O) groups is 1. The summed E-state index contributed by atoms with van der Waals surface area (Å²) in [5.74, 6) is -1.90. The molecule has 5 heteroatoms. The Hall–Kier alpha value is -1.10. The average Bonchev–Trinajstić information content (AvgIpc) is 2.41. The van der Waals surface area contributed by atoms with Crippen LogP contribution in [-0.4, -0.2) is 11.7 Å². The van der Waals surface area contributed by atoms with Crippen molar-refractivity contribution in [3.63, 3.8) is 0 Å². The Labute approximate surface area is 122 Å². The molecule has 0 aliphatic heterocycles. The quantitative estimate of drug-likeness (QED) is 0.783. The minimum absolute atomic E-state index is 0.0196. The molecular weight excluding hydrogens is 280 g/mol. The maximum atomic E-state index is 12.2. The van der Waals surface area contributed by atoms with Crippen molar-refractivity contribution in [2.45, 2.75) is 49.2 Å². The Balaban J connectivity index is 1.81. The number of hydrogen-bond donors (Lipinski definition) is 1. The molecule has 1 saturated carbocycles. The van der Waals surface area contributed by atoms with Crippen LogP contribution in [-0.2, 0) is 4.79 Å². The number of halogens is 2. The van der Waals surface area contributed by atoms with Crippen molar-refractivity contribution < 1.29 is 13.6 Å². The zero-order valence-electron chi connectivity index (χ0n) is 11.3. The van der Waals surface area contributed by atoms with Crippen molar-refractivity contribution in [3.8, 4) is 0 Å². The molecule has 1 fully saturated rings. The van der Waals surface area contributed by atoms with Gasteiger partial charge in [-0.3, -0.25) is 4.79 Å². The normalized spacial score (nSPS) is 16.4. The summed E-state index contributed by atoms with van der Waals surface area (Å²) in [7, 11) is 0. The first kappa shape index (κ1) is 15.3.